The number of rotatable bonds is 5. The van der Waals surface area contributed by atoms with Crippen molar-refractivity contribution in [3.63, 3.8) is 0 Å². The Hall–Kier alpha value is -2.97. The third-order valence-electron chi connectivity index (χ3n) is 4.92. The molecule has 0 aliphatic heterocycles. The number of ether oxygens (including phenoxy) is 1. The minimum absolute atomic E-state index is 0.516. The molecule has 0 atom stereocenters. The number of anilines is 1. The molecular weight excluding hydrogens is 366 g/mol. The second-order valence-corrected chi connectivity index (χ2v) is 7.44. The predicted molar refractivity (Wildman–Crippen MR) is 119 cm³/mol. The van der Waals surface area contributed by atoms with Gasteiger partial charge in [-0.2, -0.15) is 0 Å². The van der Waals surface area contributed by atoms with Gasteiger partial charge in [0.1, 0.15) is 12.4 Å². The van der Waals surface area contributed by atoms with E-state index in [1.54, 1.807) is 0 Å². The minimum Gasteiger partial charge on any atom is -0.489 e. The maximum Gasteiger partial charge on any atom is 0.119 e. The summed E-state index contributed by atoms with van der Waals surface area (Å²) in [4.78, 5) is 2.11. The summed E-state index contributed by atoms with van der Waals surface area (Å²) in [5.41, 5.74) is 4.81. The molecule has 140 valence electrons. The van der Waals surface area contributed by atoms with Crippen LogP contribution in [0.4, 0.5) is 5.69 Å². The lowest BCUT2D eigenvalue weighted by Gasteiger charge is -2.14. The zero-order chi connectivity index (χ0) is 19.5. The summed E-state index contributed by atoms with van der Waals surface area (Å²) in [6.45, 7) is 0.516. The Morgan fingerprint density at radius 2 is 1.43 bits per heavy atom. The van der Waals surface area contributed by atoms with Crippen LogP contribution in [0.15, 0.2) is 84.9 Å². The molecule has 0 aliphatic rings. The Labute approximate surface area is 170 Å². The number of benzene rings is 4. The molecular formula is C25H22ClNO. The largest absolute Gasteiger partial charge is 0.489 e. The molecule has 0 radical (unpaired) electrons. The van der Waals surface area contributed by atoms with E-state index < -0.39 is 0 Å². The lowest BCUT2D eigenvalue weighted by atomic mass is 9.95. The van der Waals surface area contributed by atoms with E-state index in [9.17, 15) is 0 Å². The van der Waals surface area contributed by atoms with Crippen LogP contribution in [0, 0.1) is 0 Å². The second kappa shape index (κ2) is 7.95. The molecule has 4 aromatic carbocycles. The smallest absolute Gasteiger partial charge is 0.119 e. The van der Waals surface area contributed by atoms with E-state index in [2.05, 4.69) is 79.7 Å². The van der Waals surface area contributed by atoms with Crippen molar-refractivity contribution >= 4 is 28.1 Å². The van der Waals surface area contributed by atoms with Crippen molar-refractivity contribution in [1.82, 2.24) is 0 Å². The van der Waals surface area contributed by atoms with Crippen LogP contribution in [0.5, 0.6) is 5.75 Å². The highest BCUT2D eigenvalue weighted by Gasteiger charge is 2.08. The van der Waals surface area contributed by atoms with E-state index in [-0.39, 0.29) is 0 Å². The highest BCUT2D eigenvalue weighted by molar-refractivity contribution is 6.30. The number of halogens is 1. The highest BCUT2D eigenvalue weighted by Crippen LogP contribution is 2.32. The zero-order valence-corrected chi connectivity index (χ0v) is 16.8. The first-order valence-corrected chi connectivity index (χ1v) is 9.66. The van der Waals surface area contributed by atoms with Crippen LogP contribution in [0.1, 0.15) is 5.56 Å². The molecule has 0 aliphatic carbocycles. The SMILES string of the molecule is CN(C)c1ccc(-c2cccc3c(COc4ccc(Cl)cc4)cccc23)cc1. The fourth-order valence-electron chi connectivity index (χ4n) is 3.38. The Morgan fingerprint density at radius 1 is 0.750 bits per heavy atom. The van der Waals surface area contributed by atoms with Gasteiger partial charge in [-0.1, -0.05) is 60.1 Å². The average Bonchev–Trinajstić information content (AvgIpc) is 2.73. The quantitative estimate of drug-likeness (QED) is 0.373. The fraction of sp³-hybridized carbons (Fsp3) is 0.120. The van der Waals surface area contributed by atoms with Crippen LogP contribution >= 0.6 is 11.6 Å². The third kappa shape index (κ3) is 3.83. The molecule has 0 bridgehead atoms. The van der Waals surface area contributed by atoms with Crippen molar-refractivity contribution in [2.24, 2.45) is 0 Å². The van der Waals surface area contributed by atoms with Crippen molar-refractivity contribution in [2.75, 3.05) is 19.0 Å². The van der Waals surface area contributed by atoms with Gasteiger partial charge in [-0.15, -0.1) is 0 Å². The van der Waals surface area contributed by atoms with E-state index in [0.717, 1.165) is 5.75 Å². The topological polar surface area (TPSA) is 12.5 Å². The number of fused-ring (bicyclic) bond motifs is 1. The van der Waals surface area contributed by atoms with Gasteiger partial charge in [-0.3, -0.25) is 0 Å². The fourth-order valence-corrected chi connectivity index (χ4v) is 3.51. The van der Waals surface area contributed by atoms with Crippen molar-refractivity contribution in [2.45, 2.75) is 6.61 Å². The predicted octanol–water partition coefficient (Wildman–Crippen LogP) is 6.81. The van der Waals surface area contributed by atoms with Crippen LogP contribution in [-0.4, -0.2) is 14.1 Å². The Balaban J connectivity index is 1.67. The van der Waals surface area contributed by atoms with Gasteiger partial charge in [-0.25, -0.2) is 0 Å². The molecule has 0 unspecified atom stereocenters. The monoisotopic (exact) mass is 387 g/mol. The molecule has 0 N–H and O–H groups in total. The van der Waals surface area contributed by atoms with E-state index in [4.69, 9.17) is 16.3 Å². The van der Waals surface area contributed by atoms with Crippen LogP contribution in [0.2, 0.25) is 5.02 Å². The first-order valence-electron chi connectivity index (χ1n) is 9.28. The summed E-state index contributed by atoms with van der Waals surface area (Å²) in [5.74, 6) is 0.817. The van der Waals surface area contributed by atoms with Gasteiger partial charge in [-0.05, 0) is 63.9 Å². The summed E-state index contributed by atoms with van der Waals surface area (Å²) in [6.07, 6.45) is 0. The molecule has 0 spiro atoms. The molecule has 0 heterocycles. The number of hydrogen-bond acceptors (Lipinski definition) is 2. The summed E-state index contributed by atoms with van der Waals surface area (Å²) in [5, 5.41) is 3.16. The lowest BCUT2D eigenvalue weighted by Crippen LogP contribution is -2.07. The molecule has 4 aromatic rings. The normalized spacial score (nSPS) is 10.8. The molecule has 0 aromatic heterocycles. The first-order chi connectivity index (χ1) is 13.6. The van der Waals surface area contributed by atoms with Gasteiger partial charge in [0.25, 0.3) is 0 Å². The summed E-state index contributed by atoms with van der Waals surface area (Å²) in [7, 11) is 4.11. The van der Waals surface area contributed by atoms with Gasteiger partial charge >= 0.3 is 0 Å². The average molecular weight is 388 g/mol. The van der Waals surface area contributed by atoms with Crippen LogP contribution in [-0.2, 0) is 6.61 Å². The maximum absolute atomic E-state index is 5.98. The van der Waals surface area contributed by atoms with E-state index in [0.29, 0.717) is 11.6 Å². The number of nitrogens with zero attached hydrogens (tertiary/aromatic N) is 1. The lowest BCUT2D eigenvalue weighted by molar-refractivity contribution is 0.307. The standard InChI is InChI=1S/C25H22ClNO/c1-27(2)21-13-9-18(10-14-21)23-6-4-7-24-19(5-3-8-25(23)24)17-28-22-15-11-20(26)12-16-22/h3-16H,17H2,1-2H3. The molecule has 28 heavy (non-hydrogen) atoms. The number of hydrogen-bond donors (Lipinski definition) is 0. The Bertz CT molecular complexity index is 1090. The van der Waals surface area contributed by atoms with Crippen molar-refractivity contribution < 1.29 is 4.74 Å². The summed E-state index contributed by atoms with van der Waals surface area (Å²) < 4.78 is 5.98. The molecule has 2 nitrogen and oxygen atoms in total. The highest BCUT2D eigenvalue weighted by atomic mass is 35.5. The van der Waals surface area contributed by atoms with Crippen LogP contribution in [0.3, 0.4) is 0 Å². The summed E-state index contributed by atoms with van der Waals surface area (Å²) in [6, 6.07) is 29.0. The Kier molecular flexibility index (Phi) is 5.23. The van der Waals surface area contributed by atoms with Gasteiger partial charge < -0.3 is 9.64 Å². The third-order valence-corrected chi connectivity index (χ3v) is 5.17. The maximum atomic E-state index is 5.98. The van der Waals surface area contributed by atoms with Gasteiger partial charge in [0.15, 0.2) is 0 Å². The zero-order valence-electron chi connectivity index (χ0n) is 16.0. The van der Waals surface area contributed by atoms with Gasteiger partial charge in [0.2, 0.25) is 0 Å². The van der Waals surface area contributed by atoms with Crippen LogP contribution < -0.4 is 9.64 Å². The van der Waals surface area contributed by atoms with Crippen molar-refractivity contribution in [3.05, 3.63) is 95.5 Å². The first kappa shape index (κ1) is 18.4. The van der Waals surface area contributed by atoms with Gasteiger partial charge in [0.05, 0.1) is 0 Å². The minimum atomic E-state index is 0.516. The molecule has 0 saturated heterocycles. The van der Waals surface area contributed by atoms with Crippen molar-refractivity contribution in [1.29, 1.82) is 0 Å². The van der Waals surface area contributed by atoms with Crippen molar-refractivity contribution in [3.8, 4) is 16.9 Å². The van der Waals surface area contributed by atoms with E-state index in [1.807, 2.05) is 24.3 Å². The molecule has 0 fully saturated rings. The second-order valence-electron chi connectivity index (χ2n) is 7.00. The summed E-state index contributed by atoms with van der Waals surface area (Å²) >= 11 is 5.95. The molecule has 3 heteroatoms. The molecule has 4 rings (SSSR count). The van der Waals surface area contributed by atoms with E-state index in [1.165, 1.54) is 33.2 Å². The van der Waals surface area contributed by atoms with Crippen LogP contribution in [0.25, 0.3) is 21.9 Å². The molecule has 0 amide bonds. The molecule has 0 saturated carbocycles. The van der Waals surface area contributed by atoms with E-state index >= 15 is 0 Å². The Morgan fingerprint density at radius 3 is 2.14 bits per heavy atom. The van der Waals surface area contributed by atoms with Gasteiger partial charge in [0, 0.05) is 24.8 Å².